The molecule has 2 nitrogen and oxygen atoms in total. The molecule has 96 valence electrons. The Labute approximate surface area is 108 Å². The maximum absolute atomic E-state index is 10.4. The van der Waals surface area contributed by atoms with E-state index in [4.69, 9.17) is 0 Å². The van der Waals surface area contributed by atoms with Gasteiger partial charge in [0.15, 0.2) is 0 Å². The Morgan fingerprint density at radius 3 is 2.71 bits per heavy atom. The Morgan fingerprint density at radius 2 is 2.24 bits per heavy atom. The largest absolute Gasteiger partial charge is 0.389 e. The molecule has 0 amide bonds. The summed E-state index contributed by atoms with van der Waals surface area (Å²) in [6.45, 7) is 7.91. The van der Waals surface area contributed by atoms with Crippen LogP contribution in [0, 0.1) is 5.92 Å². The molecular formula is C14H23NOS. The number of nitrogens with zero attached hydrogens (tertiary/aromatic N) is 1. The first kappa shape index (κ1) is 13.1. The first-order valence-electron chi connectivity index (χ1n) is 6.46. The third kappa shape index (κ3) is 3.54. The lowest BCUT2D eigenvalue weighted by Crippen LogP contribution is -2.45. The van der Waals surface area contributed by atoms with Crippen LogP contribution in [-0.4, -0.2) is 28.2 Å². The Morgan fingerprint density at radius 1 is 1.53 bits per heavy atom. The lowest BCUT2D eigenvalue weighted by molar-refractivity contribution is -0.0230. The molecule has 0 saturated heterocycles. The predicted octanol–water partition coefficient (Wildman–Crippen LogP) is 3.12. The second-order valence-electron chi connectivity index (χ2n) is 5.78. The average molecular weight is 253 g/mol. The van der Waals surface area contributed by atoms with E-state index >= 15 is 0 Å². The summed E-state index contributed by atoms with van der Waals surface area (Å²) in [5, 5.41) is 14.8. The number of hydrogen-bond acceptors (Lipinski definition) is 3. The van der Waals surface area contributed by atoms with Crippen LogP contribution in [-0.2, 0) is 6.54 Å². The van der Waals surface area contributed by atoms with Crippen molar-refractivity contribution in [3.63, 3.8) is 0 Å². The van der Waals surface area contributed by atoms with Crippen molar-refractivity contribution in [2.45, 2.75) is 51.8 Å². The summed E-state index contributed by atoms with van der Waals surface area (Å²) in [5.41, 5.74) is 0.792. The van der Waals surface area contributed by atoms with E-state index < -0.39 is 5.60 Å². The molecule has 2 rings (SSSR count). The molecule has 17 heavy (non-hydrogen) atoms. The Bertz CT molecular complexity index is 341. The molecule has 1 saturated carbocycles. The van der Waals surface area contributed by atoms with Crippen LogP contribution in [0.4, 0.5) is 0 Å². The van der Waals surface area contributed by atoms with E-state index in [9.17, 15) is 5.11 Å². The van der Waals surface area contributed by atoms with Crippen molar-refractivity contribution >= 4 is 11.3 Å². The van der Waals surface area contributed by atoms with Crippen LogP contribution in [0.3, 0.4) is 0 Å². The van der Waals surface area contributed by atoms with E-state index in [2.05, 4.69) is 35.6 Å². The molecule has 0 aromatic carbocycles. The monoisotopic (exact) mass is 253 g/mol. The molecule has 1 fully saturated rings. The zero-order chi connectivity index (χ0) is 12.5. The van der Waals surface area contributed by atoms with Crippen LogP contribution < -0.4 is 0 Å². The molecule has 0 aliphatic heterocycles. The third-order valence-electron chi connectivity index (χ3n) is 3.80. The van der Waals surface area contributed by atoms with Gasteiger partial charge < -0.3 is 5.11 Å². The van der Waals surface area contributed by atoms with Gasteiger partial charge in [-0.25, -0.2) is 0 Å². The van der Waals surface area contributed by atoms with Gasteiger partial charge in [0.2, 0.25) is 0 Å². The Kier molecular flexibility index (Phi) is 3.91. The summed E-state index contributed by atoms with van der Waals surface area (Å²) >= 11 is 1.75. The van der Waals surface area contributed by atoms with Crippen LogP contribution in [0.2, 0.25) is 0 Å². The number of thiophene rings is 1. The van der Waals surface area contributed by atoms with Crippen molar-refractivity contribution in [1.82, 2.24) is 4.90 Å². The lowest BCUT2D eigenvalue weighted by Gasteiger charge is -2.34. The zero-order valence-electron chi connectivity index (χ0n) is 11.0. The maximum atomic E-state index is 10.4. The second kappa shape index (κ2) is 5.09. The molecule has 1 heterocycles. The summed E-state index contributed by atoms with van der Waals surface area (Å²) in [6, 6.07) is 2.88. The fourth-order valence-electron chi connectivity index (χ4n) is 1.96. The highest BCUT2D eigenvalue weighted by molar-refractivity contribution is 7.07. The van der Waals surface area contributed by atoms with E-state index in [0.29, 0.717) is 12.0 Å². The number of rotatable bonds is 6. The zero-order valence-corrected chi connectivity index (χ0v) is 11.8. The molecule has 1 atom stereocenters. The SMILES string of the molecule is CC(C)C(C)(O)CN(Cc1ccsc1)C1CC1. The van der Waals surface area contributed by atoms with Gasteiger partial charge in [0.25, 0.3) is 0 Å². The van der Waals surface area contributed by atoms with Crippen molar-refractivity contribution in [3.05, 3.63) is 22.4 Å². The number of aliphatic hydroxyl groups is 1. The molecule has 1 aromatic heterocycles. The Hall–Kier alpha value is -0.380. The van der Waals surface area contributed by atoms with Crippen molar-refractivity contribution in [3.8, 4) is 0 Å². The van der Waals surface area contributed by atoms with Gasteiger partial charge >= 0.3 is 0 Å². The molecule has 1 unspecified atom stereocenters. The van der Waals surface area contributed by atoms with Gasteiger partial charge in [-0.3, -0.25) is 4.90 Å². The molecule has 0 radical (unpaired) electrons. The first-order valence-corrected chi connectivity index (χ1v) is 7.41. The fourth-order valence-corrected chi connectivity index (χ4v) is 2.62. The highest BCUT2D eigenvalue weighted by atomic mass is 32.1. The topological polar surface area (TPSA) is 23.5 Å². The quantitative estimate of drug-likeness (QED) is 0.842. The molecule has 0 spiro atoms. The van der Waals surface area contributed by atoms with Crippen LogP contribution in [0.15, 0.2) is 16.8 Å². The minimum absolute atomic E-state index is 0.297. The van der Waals surface area contributed by atoms with Crippen LogP contribution in [0.1, 0.15) is 39.2 Å². The summed E-state index contributed by atoms with van der Waals surface area (Å²) in [7, 11) is 0. The minimum Gasteiger partial charge on any atom is -0.389 e. The average Bonchev–Trinajstić information content (AvgIpc) is 2.97. The lowest BCUT2D eigenvalue weighted by atomic mass is 9.92. The van der Waals surface area contributed by atoms with Crippen molar-refractivity contribution in [1.29, 1.82) is 0 Å². The van der Waals surface area contributed by atoms with Gasteiger partial charge in [0, 0.05) is 19.1 Å². The highest BCUT2D eigenvalue weighted by Crippen LogP contribution is 2.31. The third-order valence-corrected chi connectivity index (χ3v) is 4.53. The summed E-state index contributed by atoms with van der Waals surface area (Å²) < 4.78 is 0. The van der Waals surface area contributed by atoms with Crippen molar-refractivity contribution in [2.75, 3.05) is 6.54 Å². The van der Waals surface area contributed by atoms with Gasteiger partial charge in [0.05, 0.1) is 5.60 Å². The number of hydrogen-bond donors (Lipinski definition) is 1. The summed E-state index contributed by atoms with van der Waals surface area (Å²) in [5.74, 6) is 0.297. The van der Waals surface area contributed by atoms with Gasteiger partial charge in [-0.05, 0) is 48.1 Å². The van der Waals surface area contributed by atoms with Gasteiger partial charge in [-0.2, -0.15) is 11.3 Å². The molecule has 1 aliphatic rings. The van der Waals surface area contributed by atoms with E-state index in [0.717, 1.165) is 13.1 Å². The molecule has 1 N–H and O–H groups in total. The maximum Gasteiger partial charge on any atom is 0.0769 e. The predicted molar refractivity (Wildman–Crippen MR) is 73.2 cm³/mol. The molecular weight excluding hydrogens is 230 g/mol. The van der Waals surface area contributed by atoms with Gasteiger partial charge in [-0.1, -0.05) is 13.8 Å². The highest BCUT2D eigenvalue weighted by Gasteiger charge is 2.35. The standard InChI is InChI=1S/C14H23NOS/c1-11(2)14(3,16)10-15(13-4-5-13)8-12-6-7-17-9-12/h6-7,9,11,13,16H,4-5,8,10H2,1-3H3. The van der Waals surface area contributed by atoms with Gasteiger partial charge in [-0.15, -0.1) is 0 Å². The fraction of sp³-hybridized carbons (Fsp3) is 0.714. The summed E-state index contributed by atoms with van der Waals surface area (Å²) in [6.07, 6.45) is 2.58. The van der Waals surface area contributed by atoms with E-state index in [1.165, 1.54) is 18.4 Å². The van der Waals surface area contributed by atoms with Crippen molar-refractivity contribution in [2.24, 2.45) is 5.92 Å². The van der Waals surface area contributed by atoms with Crippen LogP contribution in [0.25, 0.3) is 0 Å². The molecule has 1 aliphatic carbocycles. The van der Waals surface area contributed by atoms with E-state index in [-0.39, 0.29) is 0 Å². The van der Waals surface area contributed by atoms with Crippen molar-refractivity contribution < 1.29 is 5.11 Å². The normalized spacial score (nSPS) is 19.9. The smallest absolute Gasteiger partial charge is 0.0769 e. The van der Waals surface area contributed by atoms with E-state index in [1.807, 2.05) is 6.92 Å². The second-order valence-corrected chi connectivity index (χ2v) is 6.56. The Balaban J connectivity index is 1.98. The van der Waals surface area contributed by atoms with Crippen LogP contribution in [0.5, 0.6) is 0 Å². The first-order chi connectivity index (χ1) is 7.99. The molecule has 3 heteroatoms. The van der Waals surface area contributed by atoms with E-state index in [1.54, 1.807) is 11.3 Å². The minimum atomic E-state index is -0.585. The molecule has 0 bridgehead atoms. The van der Waals surface area contributed by atoms with Crippen LogP contribution >= 0.6 is 11.3 Å². The van der Waals surface area contributed by atoms with Gasteiger partial charge in [0.1, 0.15) is 0 Å². The summed E-state index contributed by atoms with van der Waals surface area (Å²) in [4.78, 5) is 2.45. The molecule has 1 aromatic rings.